The first-order valence-electron chi connectivity index (χ1n) is 8.46. The zero-order valence-corrected chi connectivity index (χ0v) is 15.3. The van der Waals surface area contributed by atoms with Crippen LogP contribution in [0.3, 0.4) is 0 Å². The van der Waals surface area contributed by atoms with Crippen molar-refractivity contribution < 1.29 is 23.5 Å². The fourth-order valence-corrected chi connectivity index (χ4v) is 3.11. The van der Waals surface area contributed by atoms with Gasteiger partial charge in [0.05, 0.1) is 24.4 Å². The third kappa shape index (κ3) is 3.48. The molecule has 1 unspecified atom stereocenters. The molecule has 0 saturated carbocycles. The number of nitrogens with zero attached hydrogens (tertiary/aromatic N) is 2. The molecule has 2 heterocycles. The van der Waals surface area contributed by atoms with Gasteiger partial charge in [-0.15, -0.1) is 0 Å². The average Bonchev–Trinajstić information content (AvgIpc) is 2.73. The minimum absolute atomic E-state index is 0.216. The van der Waals surface area contributed by atoms with Crippen LogP contribution in [0.15, 0.2) is 53.9 Å². The van der Waals surface area contributed by atoms with Crippen molar-refractivity contribution in [2.75, 3.05) is 12.0 Å². The van der Waals surface area contributed by atoms with Gasteiger partial charge in [-0.3, -0.25) is 14.7 Å². The van der Waals surface area contributed by atoms with Crippen LogP contribution in [0.1, 0.15) is 34.6 Å². The van der Waals surface area contributed by atoms with Crippen LogP contribution in [0.25, 0.3) is 0 Å². The number of allylic oxidation sites excluding steroid dienone is 1. The van der Waals surface area contributed by atoms with E-state index in [4.69, 9.17) is 4.74 Å². The van der Waals surface area contributed by atoms with E-state index in [2.05, 4.69) is 10.3 Å². The molecule has 2 aromatic rings. The summed E-state index contributed by atoms with van der Waals surface area (Å²) in [7, 11) is 1.25. The van der Waals surface area contributed by atoms with Crippen molar-refractivity contribution in [2.24, 2.45) is 0 Å². The number of amides is 2. The third-order valence-corrected chi connectivity index (χ3v) is 4.48. The molecule has 1 aromatic heterocycles. The number of rotatable bonds is 5. The Morgan fingerprint density at radius 2 is 2.14 bits per heavy atom. The van der Waals surface area contributed by atoms with E-state index in [1.807, 2.05) is 0 Å². The van der Waals surface area contributed by atoms with Crippen LogP contribution >= 0.6 is 0 Å². The molecule has 1 atom stereocenters. The van der Waals surface area contributed by atoms with E-state index in [1.54, 1.807) is 37.3 Å². The minimum atomic E-state index is -0.797. The maximum atomic E-state index is 13.0. The van der Waals surface area contributed by atoms with Crippen molar-refractivity contribution in [3.8, 4) is 0 Å². The number of aldehydes is 1. The molecule has 1 N–H and O–H groups in total. The molecular formula is C20H18FN3O4. The minimum Gasteiger partial charge on any atom is -0.466 e. The first-order valence-corrected chi connectivity index (χ1v) is 8.46. The van der Waals surface area contributed by atoms with Crippen molar-refractivity contribution >= 4 is 24.0 Å². The molecule has 7 nitrogen and oxygen atoms in total. The lowest BCUT2D eigenvalue weighted by atomic mass is 9.95. The molecule has 0 radical (unpaired) electrons. The topological polar surface area (TPSA) is 88.6 Å². The van der Waals surface area contributed by atoms with Gasteiger partial charge >= 0.3 is 12.0 Å². The number of ether oxygens (including phenoxy) is 1. The Kier molecular flexibility index (Phi) is 5.49. The lowest BCUT2D eigenvalue weighted by Crippen LogP contribution is -2.48. The number of methoxy groups -OCH3 is 1. The maximum absolute atomic E-state index is 13.0. The van der Waals surface area contributed by atoms with Gasteiger partial charge in [0.15, 0.2) is 6.29 Å². The number of urea groups is 1. The summed E-state index contributed by atoms with van der Waals surface area (Å²) >= 11 is 0. The predicted octanol–water partition coefficient (Wildman–Crippen LogP) is 3.08. The summed E-state index contributed by atoms with van der Waals surface area (Å²) in [5.41, 5.74) is 2.17. The predicted molar refractivity (Wildman–Crippen MR) is 99.3 cm³/mol. The van der Waals surface area contributed by atoms with E-state index < -0.39 is 24.7 Å². The number of esters is 1. The number of benzene rings is 1. The van der Waals surface area contributed by atoms with E-state index in [0.29, 0.717) is 28.8 Å². The molecule has 1 aliphatic heterocycles. The quantitative estimate of drug-likeness (QED) is 0.633. The second-order valence-corrected chi connectivity index (χ2v) is 6.15. The standard InChI is InChI=1S/C20H18FN3O4/c1-12-17(19(26)28-2)18(14-6-7-15(11-25)22-10-14)23-20(27)24(12)16-5-3-4-13(8-16)9-21/h3-8,10-11,18H,9H2,1-2H3,(H,23,27). The first-order chi connectivity index (χ1) is 13.5. The Labute approximate surface area is 160 Å². The molecule has 0 fully saturated rings. The van der Waals surface area contributed by atoms with Gasteiger partial charge in [-0.05, 0) is 36.2 Å². The van der Waals surface area contributed by atoms with Gasteiger partial charge in [0.1, 0.15) is 12.4 Å². The number of anilines is 1. The molecule has 0 aliphatic carbocycles. The van der Waals surface area contributed by atoms with Gasteiger partial charge in [0, 0.05) is 11.9 Å². The van der Waals surface area contributed by atoms with E-state index in [9.17, 15) is 18.8 Å². The summed E-state index contributed by atoms with van der Waals surface area (Å²) in [4.78, 5) is 41.4. The molecule has 0 spiro atoms. The van der Waals surface area contributed by atoms with Crippen LogP contribution in [0, 0.1) is 0 Å². The number of alkyl halides is 1. The van der Waals surface area contributed by atoms with E-state index in [1.165, 1.54) is 24.3 Å². The highest BCUT2D eigenvalue weighted by atomic mass is 19.1. The Hall–Kier alpha value is -3.55. The van der Waals surface area contributed by atoms with Crippen LogP contribution in [-0.4, -0.2) is 30.4 Å². The van der Waals surface area contributed by atoms with Crippen LogP contribution in [0.4, 0.5) is 14.9 Å². The zero-order chi connectivity index (χ0) is 20.3. The first kappa shape index (κ1) is 19.2. The molecule has 0 bridgehead atoms. The highest BCUT2D eigenvalue weighted by molar-refractivity contribution is 6.03. The Morgan fingerprint density at radius 3 is 2.75 bits per heavy atom. The van der Waals surface area contributed by atoms with E-state index in [0.717, 1.165) is 0 Å². The lowest BCUT2D eigenvalue weighted by molar-refractivity contribution is -0.136. The summed E-state index contributed by atoms with van der Waals surface area (Å²) in [6.07, 6.45) is 2.02. The monoisotopic (exact) mass is 383 g/mol. The molecule has 144 valence electrons. The summed E-state index contributed by atoms with van der Waals surface area (Å²) in [5, 5.41) is 2.76. The van der Waals surface area contributed by atoms with Crippen molar-refractivity contribution in [3.05, 3.63) is 70.7 Å². The summed E-state index contributed by atoms with van der Waals surface area (Å²) in [6.45, 7) is 0.945. The van der Waals surface area contributed by atoms with E-state index in [-0.39, 0.29) is 11.3 Å². The number of nitrogens with one attached hydrogen (secondary N) is 1. The maximum Gasteiger partial charge on any atom is 0.337 e. The van der Waals surface area contributed by atoms with Crippen molar-refractivity contribution in [1.82, 2.24) is 10.3 Å². The average molecular weight is 383 g/mol. The van der Waals surface area contributed by atoms with Crippen LogP contribution in [0.5, 0.6) is 0 Å². The molecular weight excluding hydrogens is 365 g/mol. The second kappa shape index (κ2) is 7.99. The Bertz CT molecular complexity index is 956. The molecule has 8 heteroatoms. The van der Waals surface area contributed by atoms with Crippen LogP contribution < -0.4 is 10.2 Å². The second-order valence-electron chi connectivity index (χ2n) is 6.15. The van der Waals surface area contributed by atoms with E-state index >= 15 is 0 Å². The van der Waals surface area contributed by atoms with Gasteiger partial charge < -0.3 is 10.1 Å². The lowest BCUT2D eigenvalue weighted by Gasteiger charge is -2.35. The fourth-order valence-electron chi connectivity index (χ4n) is 3.11. The van der Waals surface area contributed by atoms with Crippen molar-refractivity contribution in [2.45, 2.75) is 19.6 Å². The van der Waals surface area contributed by atoms with Crippen molar-refractivity contribution in [1.29, 1.82) is 0 Å². The molecule has 1 aromatic carbocycles. The largest absolute Gasteiger partial charge is 0.466 e. The normalized spacial score (nSPS) is 16.6. The molecule has 2 amide bonds. The highest BCUT2D eigenvalue weighted by Crippen LogP contribution is 2.34. The number of hydrogen-bond donors (Lipinski definition) is 1. The summed E-state index contributed by atoms with van der Waals surface area (Å²) in [5.74, 6) is -0.617. The molecule has 28 heavy (non-hydrogen) atoms. The number of pyridine rings is 1. The third-order valence-electron chi connectivity index (χ3n) is 4.48. The highest BCUT2D eigenvalue weighted by Gasteiger charge is 2.37. The molecule has 0 saturated heterocycles. The number of hydrogen-bond acceptors (Lipinski definition) is 5. The SMILES string of the molecule is COC(=O)C1=C(C)N(c2cccc(CF)c2)C(=O)NC1c1ccc(C=O)nc1. The number of aromatic nitrogens is 1. The van der Waals surface area contributed by atoms with Gasteiger partial charge in [-0.25, -0.2) is 14.0 Å². The smallest absolute Gasteiger partial charge is 0.337 e. The van der Waals surface area contributed by atoms with Crippen molar-refractivity contribution in [3.63, 3.8) is 0 Å². The van der Waals surface area contributed by atoms with Gasteiger partial charge in [0.2, 0.25) is 0 Å². The zero-order valence-electron chi connectivity index (χ0n) is 15.3. The van der Waals surface area contributed by atoms with Gasteiger partial charge in [0.25, 0.3) is 0 Å². The van der Waals surface area contributed by atoms with Gasteiger partial charge in [-0.1, -0.05) is 18.2 Å². The summed E-state index contributed by atoms with van der Waals surface area (Å²) < 4.78 is 17.9. The summed E-state index contributed by atoms with van der Waals surface area (Å²) in [6, 6.07) is 8.26. The van der Waals surface area contributed by atoms with Crippen LogP contribution in [-0.2, 0) is 16.2 Å². The number of halogens is 1. The number of carbonyl (C=O) groups is 3. The Morgan fingerprint density at radius 1 is 1.36 bits per heavy atom. The number of carbonyl (C=O) groups excluding carboxylic acids is 3. The van der Waals surface area contributed by atoms with Gasteiger partial charge in [-0.2, -0.15) is 0 Å². The molecule has 3 rings (SSSR count). The molecule has 1 aliphatic rings. The van der Waals surface area contributed by atoms with Crippen LogP contribution in [0.2, 0.25) is 0 Å². The fraction of sp³-hybridized carbons (Fsp3) is 0.200. The Balaban J connectivity index is 2.11.